The lowest BCUT2D eigenvalue weighted by Gasteiger charge is -2.28. The summed E-state index contributed by atoms with van der Waals surface area (Å²) < 4.78 is 0. The van der Waals surface area contributed by atoms with Gasteiger partial charge in [0, 0.05) is 11.6 Å². The molecule has 152 valence electrons. The summed E-state index contributed by atoms with van der Waals surface area (Å²) in [5, 5.41) is 6.15. The number of benzene rings is 2. The van der Waals surface area contributed by atoms with Crippen molar-refractivity contribution in [2.75, 3.05) is 18.4 Å². The van der Waals surface area contributed by atoms with Gasteiger partial charge in [-0.3, -0.25) is 14.5 Å². The van der Waals surface area contributed by atoms with E-state index in [-0.39, 0.29) is 29.8 Å². The summed E-state index contributed by atoms with van der Waals surface area (Å²) in [6, 6.07) is 17.4. The predicted molar refractivity (Wildman–Crippen MR) is 114 cm³/mol. The Bertz CT molecular complexity index is 840. The maximum absolute atomic E-state index is 13.2. The van der Waals surface area contributed by atoms with Crippen molar-refractivity contribution in [3.63, 3.8) is 0 Å². The number of carbonyl (C=O) groups is 2. The minimum atomic E-state index is -0.252. The number of rotatable bonds is 7. The molecule has 0 radical (unpaired) electrons. The molecule has 4 rings (SSSR count). The lowest BCUT2D eigenvalue weighted by Crippen LogP contribution is -2.40. The summed E-state index contributed by atoms with van der Waals surface area (Å²) in [6.07, 6.45) is 4.26. The van der Waals surface area contributed by atoms with Crippen molar-refractivity contribution in [3.8, 4) is 0 Å². The summed E-state index contributed by atoms with van der Waals surface area (Å²) >= 11 is 0. The second-order valence-electron chi connectivity index (χ2n) is 8.17. The summed E-state index contributed by atoms with van der Waals surface area (Å²) in [7, 11) is 0. The number of carbonyl (C=O) groups excluding carboxylic acids is 2. The zero-order chi connectivity index (χ0) is 20.2. The van der Waals surface area contributed by atoms with E-state index in [0.29, 0.717) is 0 Å². The molecule has 2 aromatic rings. The first-order valence-corrected chi connectivity index (χ1v) is 10.6. The second-order valence-corrected chi connectivity index (χ2v) is 8.17. The Hall–Kier alpha value is -2.66. The average molecular weight is 392 g/mol. The molecule has 2 aromatic carbocycles. The highest BCUT2D eigenvalue weighted by Crippen LogP contribution is 2.30. The molecule has 5 heteroatoms. The number of hydrogen-bond donors (Lipinski definition) is 2. The molecule has 0 spiro atoms. The average Bonchev–Trinajstić information content (AvgIpc) is 3.46. The van der Waals surface area contributed by atoms with E-state index in [4.69, 9.17) is 0 Å². The Balaban J connectivity index is 1.42. The van der Waals surface area contributed by atoms with Gasteiger partial charge in [0.2, 0.25) is 11.8 Å². The van der Waals surface area contributed by atoms with Gasteiger partial charge < -0.3 is 10.6 Å². The van der Waals surface area contributed by atoms with Gasteiger partial charge in [0.05, 0.1) is 6.04 Å². The molecule has 0 aromatic heterocycles. The normalized spacial score (nSPS) is 18.8. The van der Waals surface area contributed by atoms with E-state index in [1.54, 1.807) is 0 Å². The van der Waals surface area contributed by atoms with Crippen LogP contribution in [0.2, 0.25) is 0 Å². The van der Waals surface area contributed by atoms with E-state index < -0.39 is 0 Å². The van der Waals surface area contributed by atoms with E-state index >= 15 is 0 Å². The highest BCUT2D eigenvalue weighted by Gasteiger charge is 2.31. The van der Waals surface area contributed by atoms with Crippen molar-refractivity contribution >= 4 is 17.5 Å². The molecule has 1 heterocycles. The maximum atomic E-state index is 13.2. The number of likely N-dealkylation sites (tertiary alicyclic amines) is 1. The minimum Gasteiger partial charge on any atom is -0.348 e. The fraction of sp³-hybridized carbons (Fsp3) is 0.417. The topological polar surface area (TPSA) is 61.4 Å². The first-order valence-electron chi connectivity index (χ1n) is 10.6. The Morgan fingerprint density at radius 2 is 1.59 bits per heavy atom. The lowest BCUT2D eigenvalue weighted by atomic mass is 10.0. The van der Waals surface area contributed by atoms with Gasteiger partial charge >= 0.3 is 0 Å². The van der Waals surface area contributed by atoms with Crippen molar-refractivity contribution in [2.24, 2.45) is 5.92 Å². The summed E-state index contributed by atoms with van der Waals surface area (Å²) in [5.74, 6) is 0.334. The molecule has 1 aliphatic carbocycles. The highest BCUT2D eigenvalue weighted by atomic mass is 16.2. The van der Waals surface area contributed by atoms with E-state index in [0.717, 1.165) is 55.6 Å². The van der Waals surface area contributed by atoms with Crippen molar-refractivity contribution in [2.45, 2.75) is 44.7 Å². The number of hydrogen-bond acceptors (Lipinski definition) is 3. The monoisotopic (exact) mass is 391 g/mol. The highest BCUT2D eigenvalue weighted by molar-refractivity contribution is 5.94. The van der Waals surface area contributed by atoms with Crippen molar-refractivity contribution in [1.29, 1.82) is 0 Å². The Labute approximate surface area is 172 Å². The molecule has 2 unspecified atom stereocenters. The molecule has 0 bridgehead atoms. The van der Waals surface area contributed by atoms with Gasteiger partial charge in [0.15, 0.2) is 0 Å². The number of amides is 2. The van der Waals surface area contributed by atoms with Crippen LogP contribution in [0.3, 0.4) is 0 Å². The van der Waals surface area contributed by atoms with Crippen LogP contribution in [0.5, 0.6) is 0 Å². The number of nitrogens with one attached hydrogen (secondary N) is 2. The number of anilines is 1. The Morgan fingerprint density at radius 1 is 0.931 bits per heavy atom. The smallest absolute Gasteiger partial charge is 0.242 e. The van der Waals surface area contributed by atoms with Crippen molar-refractivity contribution in [1.82, 2.24) is 10.2 Å². The summed E-state index contributed by atoms with van der Waals surface area (Å²) in [5.41, 5.74) is 2.87. The van der Waals surface area contributed by atoms with Gasteiger partial charge in [-0.05, 0) is 69.0 Å². The van der Waals surface area contributed by atoms with Crippen LogP contribution >= 0.6 is 0 Å². The van der Waals surface area contributed by atoms with Gasteiger partial charge in [-0.1, -0.05) is 42.5 Å². The van der Waals surface area contributed by atoms with Gasteiger partial charge in [0.1, 0.15) is 6.04 Å². The Morgan fingerprint density at radius 3 is 2.21 bits per heavy atom. The van der Waals surface area contributed by atoms with Crippen LogP contribution in [0.4, 0.5) is 5.69 Å². The van der Waals surface area contributed by atoms with E-state index in [1.807, 2.05) is 61.5 Å². The third-order valence-corrected chi connectivity index (χ3v) is 5.85. The Kier molecular flexibility index (Phi) is 5.95. The van der Waals surface area contributed by atoms with Gasteiger partial charge in [-0.25, -0.2) is 0 Å². The molecular weight excluding hydrogens is 362 g/mol. The fourth-order valence-electron chi connectivity index (χ4n) is 3.98. The summed E-state index contributed by atoms with van der Waals surface area (Å²) in [6.45, 7) is 3.91. The minimum absolute atomic E-state index is 0.0386. The fourth-order valence-corrected chi connectivity index (χ4v) is 3.98. The molecule has 1 aliphatic heterocycles. The molecule has 1 saturated carbocycles. The molecule has 2 fully saturated rings. The van der Waals surface area contributed by atoms with Gasteiger partial charge in [-0.2, -0.15) is 0 Å². The predicted octanol–water partition coefficient (Wildman–Crippen LogP) is 4.05. The third-order valence-electron chi connectivity index (χ3n) is 5.85. The molecular formula is C24H29N3O2. The van der Waals surface area contributed by atoms with Gasteiger partial charge in [0.25, 0.3) is 0 Å². The molecule has 2 aliphatic rings. The molecule has 1 saturated heterocycles. The van der Waals surface area contributed by atoms with Crippen LogP contribution in [0, 0.1) is 5.92 Å². The first kappa shape index (κ1) is 19.6. The zero-order valence-electron chi connectivity index (χ0n) is 16.9. The largest absolute Gasteiger partial charge is 0.348 e. The molecule has 5 nitrogen and oxygen atoms in total. The summed E-state index contributed by atoms with van der Waals surface area (Å²) in [4.78, 5) is 27.4. The SMILES string of the molecule is CC(NC(=O)C(c1ccccc1)N1CCCC1)c1ccc(NC(=O)C2CC2)cc1. The number of nitrogens with zero attached hydrogens (tertiary/aromatic N) is 1. The maximum Gasteiger partial charge on any atom is 0.242 e. The van der Waals surface area contributed by atoms with Gasteiger partial charge in [-0.15, -0.1) is 0 Å². The van der Waals surface area contributed by atoms with E-state index in [2.05, 4.69) is 15.5 Å². The van der Waals surface area contributed by atoms with Crippen LogP contribution in [0.15, 0.2) is 54.6 Å². The standard InChI is InChI=1S/C24H29N3O2/c1-17(18-11-13-21(14-12-18)26-23(28)20-9-10-20)25-24(29)22(27-15-5-6-16-27)19-7-3-2-4-8-19/h2-4,7-8,11-14,17,20,22H,5-6,9-10,15-16H2,1H3,(H,25,29)(H,26,28). The van der Waals surface area contributed by atoms with Crippen LogP contribution in [-0.2, 0) is 9.59 Å². The molecule has 29 heavy (non-hydrogen) atoms. The lowest BCUT2D eigenvalue weighted by molar-refractivity contribution is -0.127. The van der Waals surface area contributed by atoms with Crippen LogP contribution in [0.25, 0.3) is 0 Å². The first-order chi connectivity index (χ1) is 14.1. The van der Waals surface area contributed by atoms with Crippen LogP contribution in [0.1, 0.15) is 55.8 Å². The zero-order valence-corrected chi connectivity index (χ0v) is 16.9. The second kappa shape index (κ2) is 8.78. The molecule has 2 atom stereocenters. The molecule has 2 amide bonds. The third kappa shape index (κ3) is 4.85. The van der Waals surface area contributed by atoms with Crippen LogP contribution < -0.4 is 10.6 Å². The van der Waals surface area contributed by atoms with Crippen LogP contribution in [-0.4, -0.2) is 29.8 Å². The molecule has 2 N–H and O–H groups in total. The van der Waals surface area contributed by atoms with E-state index in [1.165, 1.54) is 0 Å². The quantitative estimate of drug-likeness (QED) is 0.749. The van der Waals surface area contributed by atoms with E-state index in [9.17, 15) is 9.59 Å². The van der Waals surface area contributed by atoms with Crippen molar-refractivity contribution < 1.29 is 9.59 Å². The van der Waals surface area contributed by atoms with Crippen molar-refractivity contribution in [3.05, 3.63) is 65.7 Å².